The fourth-order valence-corrected chi connectivity index (χ4v) is 2.26. The molecule has 0 heterocycles. The Bertz CT molecular complexity index is 394. The molecule has 0 radical (unpaired) electrons. The lowest BCUT2D eigenvalue weighted by Crippen LogP contribution is -2.21. The minimum absolute atomic E-state index is 0.00938. The Kier molecular flexibility index (Phi) is 6.18. The van der Waals surface area contributed by atoms with Crippen LogP contribution in [0, 0.1) is 0 Å². The first-order valence-corrected chi connectivity index (χ1v) is 6.99. The van der Waals surface area contributed by atoms with E-state index in [2.05, 4.69) is 5.32 Å². The van der Waals surface area contributed by atoms with Gasteiger partial charge in [0.1, 0.15) is 5.75 Å². The van der Waals surface area contributed by atoms with Gasteiger partial charge in [-0.2, -0.15) is 0 Å². The van der Waals surface area contributed by atoms with E-state index in [4.69, 9.17) is 16.7 Å². The van der Waals surface area contributed by atoms with Crippen LogP contribution in [0.5, 0.6) is 0 Å². The first-order chi connectivity index (χ1) is 8.11. The first-order valence-electron chi connectivity index (χ1n) is 5.13. The van der Waals surface area contributed by atoms with Crippen LogP contribution in [0.15, 0.2) is 24.3 Å². The zero-order chi connectivity index (χ0) is 12.7. The second kappa shape index (κ2) is 7.42. The van der Waals surface area contributed by atoms with E-state index in [0.29, 0.717) is 22.9 Å². The first kappa shape index (κ1) is 14.2. The summed E-state index contributed by atoms with van der Waals surface area (Å²) in [5, 5.41) is 11.8. The van der Waals surface area contributed by atoms with Crippen LogP contribution in [0.1, 0.15) is 6.42 Å². The number of carbonyl (C=O) groups is 1. The number of rotatable bonds is 6. The van der Waals surface area contributed by atoms with E-state index in [1.165, 1.54) is 0 Å². The predicted octanol–water partition coefficient (Wildman–Crippen LogP) is 1.41. The molecule has 2 N–H and O–H groups in total. The molecule has 0 aliphatic carbocycles. The summed E-state index contributed by atoms with van der Waals surface area (Å²) in [4.78, 5) is 11.5. The van der Waals surface area contributed by atoms with Gasteiger partial charge < -0.3 is 10.4 Å². The Morgan fingerprint density at radius 1 is 1.35 bits per heavy atom. The third-order valence-electron chi connectivity index (χ3n) is 1.95. The third kappa shape index (κ3) is 5.81. The Morgan fingerprint density at radius 3 is 2.59 bits per heavy atom. The lowest BCUT2D eigenvalue weighted by molar-refractivity contribution is -0.113. The van der Waals surface area contributed by atoms with Crippen molar-refractivity contribution in [2.75, 3.05) is 23.4 Å². The Hall–Kier alpha value is -0.910. The normalized spacial score (nSPS) is 12.1. The summed E-state index contributed by atoms with van der Waals surface area (Å²) in [5.74, 6) is -0.0173. The summed E-state index contributed by atoms with van der Waals surface area (Å²) in [6, 6.07) is 6.69. The molecule has 1 atom stereocenters. The monoisotopic (exact) mass is 275 g/mol. The Balaban J connectivity index is 2.39. The van der Waals surface area contributed by atoms with E-state index in [1.807, 2.05) is 0 Å². The van der Waals surface area contributed by atoms with Crippen LogP contribution < -0.4 is 5.32 Å². The molecule has 0 saturated heterocycles. The summed E-state index contributed by atoms with van der Waals surface area (Å²) in [6.07, 6.45) is 0.445. The molecule has 1 aromatic rings. The van der Waals surface area contributed by atoms with Crippen LogP contribution in [0.3, 0.4) is 0 Å². The van der Waals surface area contributed by atoms with Crippen molar-refractivity contribution >= 4 is 34.0 Å². The van der Waals surface area contributed by atoms with Gasteiger partial charge in [0.2, 0.25) is 5.91 Å². The Morgan fingerprint density at radius 2 is 2.00 bits per heavy atom. The number of benzene rings is 1. The Labute approximate surface area is 107 Å². The fourth-order valence-electron chi connectivity index (χ4n) is 1.17. The van der Waals surface area contributed by atoms with Gasteiger partial charge in [-0.25, -0.2) is 0 Å². The zero-order valence-electron chi connectivity index (χ0n) is 9.19. The molecule has 1 unspecified atom stereocenters. The number of halogens is 1. The summed E-state index contributed by atoms with van der Waals surface area (Å²) in [7, 11) is -1.23. The maximum absolute atomic E-state index is 11.5. The molecule has 94 valence electrons. The van der Waals surface area contributed by atoms with Crippen LogP contribution in [-0.2, 0) is 15.6 Å². The minimum atomic E-state index is -1.23. The van der Waals surface area contributed by atoms with Crippen molar-refractivity contribution < 1.29 is 14.1 Å². The van der Waals surface area contributed by atoms with Crippen LogP contribution >= 0.6 is 11.6 Å². The number of hydrogen-bond acceptors (Lipinski definition) is 3. The van der Waals surface area contributed by atoms with E-state index >= 15 is 0 Å². The molecule has 0 spiro atoms. The fraction of sp³-hybridized carbons (Fsp3) is 0.364. The van der Waals surface area contributed by atoms with E-state index in [-0.39, 0.29) is 18.3 Å². The summed E-state index contributed by atoms with van der Waals surface area (Å²) in [6.45, 7) is -0.00938. The van der Waals surface area contributed by atoms with Gasteiger partial charge in [-0.15, -0.1) is 0 Å². The maximum atomic E-state index is 11.5. The van der Waals surface area contributed by atoms with E-state index in [1.54, 1.807) is 24.3 Å². The molecule has 0 aromatic heterocycles. The SMILES string of the molecule is O=C(CS(=O)CCCO)Nc1ccc(Cl)cc1. The van der Waals surface area contributed by atoms with Gasteiger partial charge in [0, 0.05) is 33.9 Å². The summed E-state index contributed by atoms with van der Waals surface area (Å²) < 4.78 is 11.4. The van der Waals surface area contributed by atoms with Gasteiger partial charge in [-0.05, 0) is 30.7 Å². The van der Waals surface area contributed by atoms with Crippen molar-refractivity contribution in [3.63, 3.8) is 0 Å². The van der Waals surface area contributed by atoms with Crippen molar-refractivity contribution in [1.82, 2.24) is 0 Å². The predicted molar refractivity (Wildman–Crippen MR) is 69.7 cm³/mol. The lowest BCUT2D eigenvalue weighted by atomic mass is 10.3. The molecule has 6 heteroatoms. The zero-order valence-corrected chi connectivity index (χ0v) is 10.8. The van der Waals surface area contributed by atoms with E-state index in [0.717, 1.165) is 0 Å². The van der Waals surface area contributed by atoms with Crippen LogP contribution in [0.2, 0.25) is 5.02 Å². The quantitative estimate of drug-likeness (QED) is 0.825. The smallest absolute Gasteiger partial charge is 0.236 e. The largest absolute Gasteiger partial charge is 0.396 e. The van der Waals surface area contributed by atoms with Gasteiger partial charge in [0.15, 0.2) is 0 Å². The number of aliphatic hydroxyl groups excluding tert-OH is 1. The van der Waals surface area contributed by atoms with Gasteiger partial charge in [0.25, 0.3) is 0 Å². The van der Waals surface area contributed by atoms with Gasteiger partial charge in [0.05, 0.1) is 0 Å². The number of anilines is 1. The molecule has 1 rings (SSSR count). The molecular formula is C11H14ClNO3S. The highest BCUT2D eigenvalue weighted by molar-refractivity contribution is 7.85. The number of aliphatic hydroxyl groups is 1. The van der Waals surface area contributed by atoms with Crippen LogP contribution in [-0.4, -0.2) is 33.3 Å². The molecule has 0 aliphatic rings. The van der Waals surface area contributed by atoms with Gasteiger partial charge >= 0.3 is 0 Å². The van der Waals surface area contributed by atoms with Gasteiger partial charge in [-0.1, -0.05) is 11.6 Å². The molecule has 1 amide bonds. The summed E-state index contributed by atoms with van der Waals surface area (Å²) in [5.41, 5.74) is 0.624. The molecular weight excluding hydrogens is 262 g/mol. The highest BCUT2D eigenvalue weighted by atomic mass is 35.5. The topological polar surface area (TPSA) is 66.4 Å². The van der Waals surface area contributed by atoms with Crippen molar-refractivity contribution in [1.29, 1.82) is 0 Å². The van der Waals surface area contributed by atoms with Crippen molar-refractivity contribution in [3.8, 4) is 0 Å². The molecule has 0 bridgehead atoms. The maximum Gasteiger partial charge on any atom is 0.236 e. The second-order valence-electron chi connectivity index (χ2n) is 3.42. The molecule has 1 aromatic carbocycles. The van der Waals surface area contributed by atoms with E-state index in [9.17, 15) is 9.00 Å². The molecule has 4 nitrogen and oxygen atoms in total. The highest BCUT2D eigenvalue weighted by Crippen LogP contribution is 2.13. The van der Waals surface area contributed by atoms with E-state index < -0.39 is 10.8 Å². The molecule has 0 fully saturated rings. The third-order valence-corrected chi connectivity index (χ3v) is 3.53. The standard InChI is InChI=1S/C11H14ClNO3S/c12-9-2-4-10(5-3-9)13-11(15)8-17(16)7-1-6-14/h2-5,14H,1,6-8H2,(H,13,15). The number of hydrogen-bond donors (Lipinski definition) is 2. The molecule has 0 saturated carbocycles. The van der Waals surface area contributed by atoms with Crippen molar-refractivity contribution in [2.24, 2.45) is 0 Å². The highest BCUT2D eigenvalue weighted by Gasteiger charge is 2.07. The lowest BCUT2D eigenvalue weighted by Gasteiger charge is -2.05. The van der Waals surface area contributed by atoms with Crippen molar-refractivity contribution in [3.05, 3.63) is 29.3 Å². The molecule has 0 aliphatic heterocycles. The summed E-state index contributed by atoms with van der Waals surface area (Å²) >= 11 is 5.70. The van der Waals surface area contributed by atoms with Crippen LogP contribution in [0.4, 0.5) is 5.69 Å². The second-order valence-corrected chi connectivity index (χ2v) is 5.43. The minimum Gasteiger partial charge on any atom is -0.396 e. The molecule has 17 heavy (non-hydrogen) atoms. The van der Waals surface area contributed by atoms with Crippen molar-refractivity contribution in [2.45, 2.75) is 6.42 Å². The average molecular weight is 276 g/mol. The average Bonchev–Trinajstić information content (AvgIpc) is 2.29. The van der Waals surface area contributed by atoms with Gasteiger partial charge in [-0.3, -0.25) is 9.00 Å². The van der Waals surface area contributed by atoms with Crippen LogP contribution in [0.25, 0.3) is 0 Å². The number of carbonyl (C=O) groups excluding carboxylic acids is 1. The number of amides is 1. The number of nitrogens with one attached hydrogen (secondary N) is 1.